The van der Waals surface area contributed by atoms with Gasteiger partial charge in [0.1, 0.15) is 12.4 Å². The van der Waals surface area contributed by atoms with E-state index in [0.717, 1.165) is 29.0 Å². The van der Waals surface area contributed by atoms with Crippen LogP contribution in [0.4, 0.5) is 0 Å². The molecule has 5 aromatic rings. The van der Waals surface area contributed by atoms with Crippen molar-refractivity contribution in [1.29, 1.82) is 0 Å². The summed E-state index contributed by atoms with van der Waals surface area (Å²) in [6.45, 7) is 9.00. The van der Waals surface area contributed by atoms with Crippen LogP contribution in [0.2, 0.25) is 0 Å². The third-order valence-corrected chi connectivity index (χ3v) is 5.92. The number of fused-ring (bicyclic) bond motifs is 3. The topological polar surface area (TPSA) is 14.2 Å². The lowest BCUT2D eigenvalue weighted by Crippen LogP contribution is -2.00. The summed E-state index contributed by atoms with van der Waals surface area (Å²) in [6, 6.07) is 31.8. The number of nitrogens with zero attached hydrogens (tertiary/aromatic N) is 1. The molecule has 0 atom stereocenters. The van der Waals surface area contributed by atoms with Crippen LogP contribution >= 0.6 is 0 Å². The molecule has 0 amide bonds. The molecule has 0 saturated carbocycles. The van der Waals surface area contributed by atoms with Crippen molar-refractivity contribution in [2.24, 2.45) is 0 Å². The van der Waals surface area contributed by atoms with Gasteiger partial charge in [-0.2, -0.15) is 0 Å². The van der Waals surface area contributed by atoms with E-state index in [9.17, 15) is 0 Å². The molecule has 5 rings (SSSR count). The first kappa shape index (κ1) is 19.9. The van der Waals surface area contributed by atoms with Crippen LogP contribution in [0.1, 0.15) is 22.3 Å². The third-order valence-electron chi connectivity index (χ3n) is 5.92. The SMILES string of the molecule is C=Cc1ccc(COc2ccc3c4ccccc4n(Cc4ccc(C=C)cc4)c3c2)cc1. The van der Waals surface area contributed by atoms with Crippen molar-refractivity contribution in [2.75, 3.05) is 0 Å². The fourth-order valence-corrected chi connectivity index (χ4v) is 4.15. The molecule has 32 heavy (non-hydrogen) atoms. The molecule has 1 aromatic heterocycles. The van der Waals surface area contributed by atoms with Crippen LogP contribution in [0.3, 0.4) is 0 Å². The molecule has 4 aromatic carbocycles. The predicted molar refractivity (Wildman–Crippen MR) is 136 cm³/mol. The van der Waals surface area contributed by atoms with E-state index in [1.54, 1.807) is 0 Å². The normalized spacial score (nSPS) is 11.0. The molecule has 2 heteroatoms. The summed E-state index contributed by atoms with van der Waals surface area (Å²) < 4.78 is 8.53. The number of benzene rings is 4. The van der Waals surface area contributed by atoms with Crippen molar-refractivity contribution in [3.8, 4) is 5.75 Å². The largest absolute Gasteiger partial charge is 0.489 e. The van der Waals surface area contributed by atoms with Crippen molar-refractivity contribution < 1.29 is 4.74 Å². The minimum atomic E-state index is 0.534. The molecule has 2 nitrogen and oxygen atoms in total. The second-order valence-corrected chi connectivity index (χ2v) is 7.96. The summed E-state index contributed by atoms with van der Waals surface area (Å²) in [5, 5.41) is 2.50. The lowest BCUT2D eigenvalue weighted by atomic mass is 10.1. The average Bonchev–Trinajstić information content (AvgIpc) is 3.16. The molecule has 0 aliphatic carbocycles. The van der Waals surface area contributed by atoms with Crippen molar-refractivity contribution in [2.45, 2.75) is 13.2 Å². The van der Waals surface area contributed by atoms with Gasteiger partial charge in [0, 0.05) is 28.9 Å². The Bertz CT molecular complexity index is 1410. The molecule has 0 N–H and O–H groups in total. The minimum absolute atomic E-state index is 0.534. The fraction of sp³-hybridized carbons (Fsp3) is 0.0667. The lowest BCUT2D eigenvalue weighted by Gasteiger charge is -2.10. The first-order valence-corrected chi connectivity index (χ1v) is 10.8. The van der Waals surface area contributed by atoms with Crippen LogP contribution in [-0.2, 0) is 13.2 Å². The van der Waals surface area contributed by atoms with E-state index in [2.05, 4.69) is 109 Å². The summed E-state index contributed by atoms with van der Waals surface area (Å²) in [7, 11) is 0. The smallest absolute Gasteiger partial charge is 0.121 e. The van der Waals surface area contributed by atoms with Gasteiger partial charge in [0.2, 0.25) is 0 Å². The first-order valence-electron chi connectivity index (χ1n) is 10.8. The van der Waals surface area contributed by atoms with Crippen LogP contribution in [-0.4, -0.2) is 4.57 Å². The van der Waals surface area contributed by atoms with Gasteiger partial charge < -0.3 is 9.30 Å². The summed E-state index contributed by atoms with van der Waals surface area (Å²) in [6.07, 6.45) is 3.72. The van der Waals surface area contributed by atoms with Gasteiger partial charge in [0.15, 0.2) is 0 Å². The van der Waals surface area contributed by atoms with E-state index in [4.69, 9.17) is 4.74 Å². The Kier molecular flexibility index (Phi) is 5.35. The van der Waals surface area contributed by atoms with Gasteiger partial charge in [-0.1, -0.05) is 92.0 Å². The maximum atomic E-state index is 6.15. The van der Waals surface area contributed by atoms with Crippen LogP contribution in [0.5, 0.6) is 5.75 Å². The Hall–Kier alpha value is -4.04. The van der Waals surface area contributed by atoms with E-state index in [1.807, 2.05) is 12.2 Å². The van der Waals surface area contributed by atoms with E-state index in [-0.39, 0.29) is 0 Å². The van der Waals surface area contributed by atoms with Crippen molar-refractivity contribution >= 4 is 34.0 Å². The molecular weight excluding hydrogens is 390 g/mol. The number of aromatic nitrogens is 1. The van der Waals surface area contributed by atoms with E-state index in [0.29, 0.717) is 6.61 Å². The van der Waals surface area contributed by atoms with Gasteiger partial charge in [-0.3, -0.25) is 0 Å². The second-order valence-electron chi connectivity index (χ2n) is 7.96. The molecule has 0 aliphatic rings. The highest BCUT2D eigenvalue weighted by molar-refractivity contribution is 6.08. The van der Waals surface area contributed by atoms with Crippen LogP contribution in [0.15, 0.2) is 104 Å². The molecule has 156 valence electrons. The van der Waals surface area contributed by atoms with Crippen LogP contribution < -0.4 is 4.74 Å². The quantitative estimate of drug-likeness (QED) is 0.265. The van der Waals surface area contributed by atoms with Gasteiger partial charge in [-0.25, -0.2) is 0 Å². The number of para-hydroxylation sites is 1. The summed E-state index contributed by atoms with van der Waals surface area (Å²) in [4.78, 5) is 0. The second kappa shape index (κ2) is 8.60. The van der Waals surface area contributed by atoms with Crippen molar-refractivity contribution in [3.05, 3.63) is 126 Å². The predicted octanol–water partition coefficient (Wildman–Crippen LogP) is 7.71. The monoisotopic (exact) mass is 415 g/mol. The molecule has 0 radical (unpaired) electrons. The molecule has 0 bridgehead atoms. The van der Waals surface area contributed by atoms with Gasteiger partial charge in [0.25, 0.3) is 0 Å². The lowest BCUT2D eigenvalue weighted by molar-refractivity contribution is 0.306. The summed E-state index contributed by atoms with van der Waals surface area (Å²) >= 11 is 0. The fourth-order valence-electron chi connectivity index (χ4n) is 4.15. The molecule has 0 unspecified atom stereocenters. The maximum absolute atomic E-state index is 6.15. The number of hydrogen-bond acceptors (Lipinski definition) is 1. The Labute approximate surface area is 188 Å². The third kappa shape index (κ3) is 3.83. The average molecular weight is 416 g/mol. The highest BCUT2D eigenvalue weighted by Gasteiger charge is 2.12. The molecule has 1 heterocycles. The first-order chi connectivity index (χ1) is 15.7. The van der Waals surface area contributed by atoms with Crippen LogP contribution in [0.25, 0.3) is 34.0 Å². The molecule has 0 spiro atoms. The molecular formula is C30H25NO. The van der Waals surface area contributed by atoms with Gasteiger partial charge >= 0.3 is 0 Å². The summed E-state index contributed by atoms with van der Waals surface area (Å²) in [5.74, 6) is 0.872. The van der Waals surface area contributed by atoms with Gasteiger partial charge in [-0.15, -0.1) is 0 Å². The highest BCUT2D eigenvalue weighted by atomic mass is 16.5. The maximum Gasteiger partial charge on any atom is 0.121 e. The zero-order chi connectivity index (χ0) is 21.9. The molecule has 0 saturated heterocycles. The minimum Gasteiger partial charge on any atom is -0.489 e. The van der Waals surface area contributed by atoms with E-state index >= 15 is 0 Å². The zero-order valence-electron chi connectivity index (χ0n) is 18.0. The zero-order valence-corrected chi connectivity index (χ0v) is 18.0. The Morgan fingerprint density at radius 1 is 0.656 bits per heavy atom. The van der Waals surface area contributed by atoms with E-state index in [1.165, 1.54) is 27.4 Å². The highest BCUT2D eigenvalue weighted by Crippen LogP contribution is 2.32. The Balaban J connectivity index is 1.50. The summed E-state index contributed by atoms with van der Waals surface area (Å²) in [5.41, 5.74) is 7.05. The number of hydrogen-bond donors (Lipinski definition) is 0. The van der Waals surface area contributed by atoms with Crippen molar-refractivity contribution in [3.63, 3.8) is 0 Å². The van der Waals surface area contributed by atoms with E-state index < -0.39 is 0 Å². The number of rotatable bonds is 7. The van der Waals surface area contributed by atoms with Gasteiger partial charge in [0.05, 0.1) is 5.52 Å². The van der Waals surface area contributed by atoms with Gasteiger partial charge in [-0.05, 0) is 40.5 Å². The Morgan fingerprint density at radius 2 is 1.28 bits per heavy atom. The molecule has 0 fully saturated rings. The standard InChI is InChI=1S/C30H25NO/c1-3-22-9-13-24(14-10-22)20-31-29-8-6-5-7-27(29)28-18-17-26(19-30(28)31)32-21-25-15-11-23(4-2)12-16-25/h3-19H,1-2,20-21H2. The van der Waals surface area contributed by atoms with Crippen molar-refractivity contribution in [1.82, 2.24) is 4.57 Å². The Morgan fingerprint density at radius 3 is 1.97 bits per heavy atom. The molecule has 0 aliphatic heterocycles. The number of ether oxygens (including phenoxy) is 1. The van der Waals surface area contributed by atoms with Crippen LogP contribution in [0, 0.1) is 0 Å².